The summed E-state index contributed by atoms with van der Waals surface area (Å²) in [6, 6.07) is 0. The van der Waals surface area contributed by atoms with Crippen LogP contribution in [-0.4, -0.2) is 16.5 Å². The zero-order valence-corrected chi connectivity index (χ0v) is 9.35. The largest absolute Gasteiger partial charge is 0.373 e. The molecule has 1 heterocycles. The van der Waals surface area contributed by atoms with Crippen LogP contribution in [0.2, 0.25) is 0 Å². The van der Waals surface area contributed by atoms with E-state index in [2.05, 4.69) is 38.9 Å². The van der Waals surface area contributed by atoms with Crippen LogP contribution >= 0.6 is 34.1 Å². The van der Waals surface area contributed by atoms with E-state index in [0.29, 0.717) is 0 Å². The van der Waals surface area contributed by atoms with E-state index in [-0.39, 0.29) is 6.10 Å². The van der Waals surface area contributed by atoms with E-state index in [1.54, 1.807) is 7.11 Å². The number of nitrogens with zero attached hydrogens (tertiary/aromatic N) is 2. The van der Waals surface area contributed by atoms with E-state index in [9.17, 15) is 0 Å². The Kier molecular flexibility index (Phi) is 3.67. The number of methoxy groups -OCH3 is 1. The first-order chi connectivity index (χ1) is 5.27. The van der Waals surface area contributed by atoms with Gasteiger partial charge < -0.3 is 4.74 Å². The molecule has 0 aromatic carbocycles. The molecule has 0 aliphatic heterocycles. The van der Waals surface area contributed by atoms with Gasteiger partial charge in [0.2, 0.25) is 0 Å². The molecule has 1 atom stereocenters. The summed E-state index contributed by atoms with van der Waals surface area (Å²) in [5, 5.41) is 0. The average Bonchev–Trinajstić information content (AvgIpc) is 2.39. The van der Waals surface area contributed by atoms with Gasteiger partial charge in [-0.3, -0.25) is 0 Å². The first kappa shape index (κ1) is 9.34. The molecule has 3 nitrogen and oxygen atoms in total. The lowest BCUT2D eigenvalue weighted by Crippen LogP contribution is -2.01. The molecule has 1 aromatic heterocycles. The Morgan fingerprint density at radius 2 is 2.45 bits per heavy atom. The molecule has 0 spiro atoms. The summed E-state index contributed by atoms with van der Waals surface area (Å²) in [6.45, 7) is 2.06. The number of aromatic nitrogens is 2. The zero-order valence-electron chi connectivity index (χ0n) is 6.37. The maximum atomic E-state index is 5.18. The Bertz CT molecular complexity index is 224. The number of rotatable bonds is 3. The monoisotopic (exact) mass is 284 g/mol. The van der Waals surface area contributed by atoms with Crippen molar-refractivity contribution in [3.63, 3.8) is 0 Å². The van der Waals surface area contributed by atoms with Crippen molar-refractivity contribution >= 4 is 34.1 Å². The van der Waals surface area contributed by atoms with E-state index >= 15 is 0 Å². The van der Waals surface area contributed by atoms with Crippen LogP contribution in [0, 0.1) is 3.01 Å². The summed E-state index contributed by atoms with van der Waals surface area (Å²) in [4.78, 5) is 4.22. The second-order valence-corrected chi connectivity index (χ2v) is 4.54. The van der Waals surface area contributed by atoms with Crippen molar-refractivity contribution in [1.29, 1.82) is 0 Å². The van der Waals surface area contributed by atoms with Gasteiger partial charge >= 0.3 is 0 Å². The van der Waals surface area contributed by atoms with Crippen LogP contribution in [0.5, 0.6) is 0 Å². The molecule has 0 saturated carbocycles. The maximum absolute atomic E-state index is 5.18. The third kappa shape index (κ3) is 2.34. The molecule has 0 saturated heterocycles. The molecule has 1 unspecified atom stereocenters. The minimum Gasteiger partial charge on any atom is -0.373 e. The van der Waals surface area contributed by atoms with Gasteiger partial charge in [0.1, 0.15) is 6.10 Å². The third-order valence-electron chi connectivity index (χ3n) is 1.36. The molecule has 0 bridgehead atoms. The second kappa shape index (κ2) is 4.32. The van der Waals surface area contributed by atoms with Gasteiger partial charge in [-0.05, 0) is 40.5 Å². The molecule has 0 aliphatic carbocycles. The molecular weight excluding hydrogens is 275 g/mol. The lowest BCUT2D eigenvalue weighted by atomic mass is 10.3. The highest BCUT2D eigenvalue weighted by Gasteiger charge is 2.12. The fourth-order valence-electron chi connectivity index (χ4n) is 0.801. The normalized spacial score (nSPS) is 13.4. The van der Waals surface area contributed by atoms with Gasteiger partial charge in [-0.2, -0.15) is 4.37 Å². The zero-order chi connectivity index (χ0) is 8.27. The van der Waals surface area contributed by atoms with E-state index < -0.39 is 0 Å². The topological polar surface area (TPSA) is 35.0 Å². The molecule has 1 rings (SSSR count). The average molecular weight is 284 g/mol. The van der Waals surface area contributed by atoms with Crippen molar-refractivity contribution in [1.82, 2.24) is 9.36 Å². The van der Waals surface area contributed by atoms with Gasteiger partial charge in [0.05, 0.1) is 0 Å². The standard InChI is InChI=1S/C6H9IN2OS/c1-3-4(10-2)5-8-6(7)11-9-5/h4H,3H2,1-2H3. The summed E-state index contributed by atoms with van der Waals surface area (Å²) >= 11 is 3.57. The van der Waals surface area contributed by atoms with E-state index in [1.165, 1.54) is 11.5 Å². The molecular formula is C6H9IN2OS. The summed E-state index contributed by atoms with van der Waals surface area (Å²) in [5.74, 6) is 0.810. The fourth-order valence-corrected chi connectivity index (χ4v) is 1.80. The molecule has 11 heavy (non-hydrogen) atoms. The molecule has 1 aromatic rings. The molecule has 0 amide bonds. The highest BCUT2D eigenvalue weighted by Crippen LogP contribution is 2.19. The van der Waals surface area contributed by atoms with Crippen molar-refractivity contribution < 1.29 is 4.74 Å². The fraction of sp³-hybridized carbons (Fsp3) is 0.667. The van der Waals surface area contributed by atoms with E-state index in [1.807, 2.05) is 0 Å². The van der Waals surface area contributed by atoms with Crippen LogP contribution in [-0.2, 0) is 4.74 Å². The van der Waals surface area contributed by atoms with Crippen LogP contribution in [0.1, 0.15) is 25.3 Å². The van der Waals surface area contributed by atoms with Crippen molar-refractivity contribution in [3.8, 4) is 0 Å². The Morgan fingerprint density at radius 1 is 1.73 bits per heavy atom. The number of halogens is 1. The van der Waals surface area contributed by atoms with Crippen LogP contribution in [0.3, 0.4) is 0 Å². The van der Waals surface area contributed by atoms with Gasteiger partial charge in [0.25, 0.3) is 0 Å². The molecule has 0 radical (unpaired) electrons. The summed E-state index contributed by atoms with van der Waals surface area (Å²) in [5.41, 5.74) is 0. The first-order valence-electron chi connectivity index (χ1n) is 3.29. The van der Waals surface area contributed by atoms with E-state index in [4.69, 9.17) is 4.74 Å². The molecule has 5 heteroatoms. The second-order valence-electron chi connectivity index (χ2n) is 2.04. The third-order valence-corrected chi connectivity index (χ3v) is 2.71. The highest BCUT2D eigenvalue weighted by atomic mass is 127. The quantitative estimate of drug-likeness (QED) is 0.798. The minimum atomic E-state index is 0.0646. The van der Waals surface area contributed by atoms with Gasteiger partial charge in [0.15, 0.2) is 8.84 Å². The highest BCUT2D eigenvalue weighted by molar-refractivity contribution is 14.1. The van der Waals surface area contributed by atoms with Crippen molar-refractivity contribution in [2.75, 3.05) is 7.11 Å². The predicted molar refractivity (Wildman–Crippen MR) is 52.7 cm³/mol. The molecule has 0 N–H and O–H groups in total. The van der Waals surface area contributed by atoms with Crippen molar-refractivity contribution in [2.24, 2.45) is 0 Å². The van der Waals surface area contributed by atoms with Crippen molar-refractivity contribution in [2.45, 2.75) is 19.4 Å². The van der Waals surface area contributed by atoms with Crippen LogP contribution in [0.15, 0.2) is 0 Å². The van der Waals surface area contributed by atoms with Gasteiger partial charge in [-0.15, -0.1) is 0 Å². The lowest BCUT2D eigenvalue weighted by molar-refractivity contribution is 0.0935. The van der Waals surface area contributed by atoms with Gasteiger partial charge in [0, 0.05) is 7.11 Å². The predicted octanol–water partition coefficient (Wildman–Crippen LogP) is 2.24. The Labute approximate surface area is 83.5 Å². The summed E-state index contributed by atoms with van der Waals surface area (Å²) < 4.78 is 10.3. The molecule has 0 aliphatic rings. The maximum Gasteiger partial charge on any atom is 0.174 e. The smallest absolute Gasteiger partial charge is 0.174 e. The van der Waals surface area contributed by atoms with Crippen LogP contribution in [0.4, 0.5) is 0 Å². The SMILES string of the molecule is CCC(OC)c1nsc(I)n1. The number of hydrogen-bond donors (Lipinski definition) is 0. The van der Waals surface area contributed by atoms with E-state index in [0.717, 1.165) is 15.3 Å². The number of ether oxygens (including phenoxy) is 1. The van der Waals surface area contributed by atoms with Gasteiger partial charge in [-0.1, -0.05) is 6.92 Å². The molecule has 0 fully saturated rings. The Balaban J connectivity index is 2.73. The van der Waals surface area contributed by atoms with Crippen LogP contribution in [0.25, 0.3) is 0 Å². The summed E-state index contributed by atoms with van der Waals surface area (Å²) in [7, 11) is 1.68. The van der Waals surface area contributed by atoms with Gasteiger partial charge in [-0.25, -0.2) is 4.98 Å². The van der Waals surface area contributed by atoms with Crippen LogP contribution < -0.4 is 0 Å². The minimum absolute atomic E-state index is 0.0646. The first-order valence-corrected chi connectivity index (χ1v) is 5.15. The molecule has 62 valence electrons. The Hall–Kier alpha value is 0.250. The Morgan fingerprint density at radius 3 is 2.82 bits per heavy atom. The summed E-state index contributed by atoms with van der Waals surface area (Å²) in [6.07, 6.45) is 0.985. The number of hydrogen-bond acceptors (Lipinski definition) is 4. The lowest BCUT2D eigenvalue weighted by Gasteiger charge is -2.06. The van der Waals surface area contributed by atoms with Crippen molar-refractivity contribution in [3.05, 3.63) is 8.84 Å².